The highest BCUT2D eigenvalue weighted by atomic mass is 32.1. The van der Waals surface area contributed by atoms with Gasteiger partial charge in [0.15, 0.2) is 0 Å². The van der Waals surface area contributed by atoms with Crippen LogP contribution in [0.25, 0.3) is 0 Å². The predicted octanol–water partition coefficient (Wildman–Crippen LogP) is 4.29. The molecule has 3 heterocycles. The smallest absolute Gasteiger partial charge is 0.230 e. The number of piperidine rings is 1. The number of thiophene rings is 1. The molecule has 4 heteroatoms. The van der Waals surface area contributed by atoms with E-state index in [9.17, 15) is 4.79 Å². The van der Waals surface area contributed by atoms with Crippen molar-refractivity contribution in [2.24, 2.45) is 0 Å². The molecule has 1 saturated heterocycles. The Hall–Kier alpha value is -1.65. The van der Waals surface area contributed by atoms with Crippen molar-refractivity contribution in [1.29, 1.82) is 0 Å². The Morgan fingerprint density at radius 1 is 1.15 bits per heavy atom. The van der Waals surface area contributed by atoms with Crippen molar-refractivity contribution < 1.29 is 4.79 Å². The van der Waals surface area contributed by atoms with Crippen molar-refractivity contribution >= 4 is 17.2 Å². The first-order chi connectivity index (χ1) is 12.8. The van der Waals surface area contributed by atoms with Crippen LogP contribution in [0.5, 0.6) is 0 Å². The quantitative estimate of drug-likeness (QED) is 0.804. The van der Waals surface area contributed by atoms with Gasteiger partial charge in [-0.3, -0.25) is 9.69 Å². The molecule has 1 aromatic heterocycles. The summed E-state index contributed by atoms with van der Waals surface area (Å²) in [7, 11) is 0. The molecule has 26 heavy (non-hydrogen) atoms. The van der Waals surface area contributed by atoms with Gasteiger partial charge in [0.1, 0.15) is 0 Å². The number of carbonyl (C=O) groups is 1. The molecule has 0 radical (unpaired) electrons. The maximum absolute atomic E-state index is 13.1. The summed E-state index contributed by atoms with van der Waals surface area (Å²) >= 11 is 1.90. The fourth-order valence-electron chi connectivity index (χ4n) is 4.49. The van der Waals surface area contributed by atoms with Gasteiger partial charge in [-0.1, -0.05) is 37.3 Å². The first-order valence-electron chi connectivity index (χ1n) is 9.89. The zero-order chi connectivity index (χ0) is 17.9. The maximum Gasteiger partial charge on any atom is 0.230 e. The van der Waals surface area contributed by atoms with Crippen LogP contribution in [0.2, 0.25) is 0 Å². The van der Waals surface area contributed by atoms with Crippen molar-refractivity contribution in [2.45, 2.75) is 51.1 Å². The van der Waals surface area contributed by atoms with Crippen molar-refractivity contribution in [2.75, 3.05) is 19.6 Å². The number of hydrogen-bond acceptors (Lipinski definition) is 3. The van der Waals surface area contributed by atoms with Gasteiger partial charge in [-0.2, -0.15) is 0 Å². The molecule has 0 N–H and O–H groups in total. The molecule has 0 saturated carbocycles. The Labute approximate surface area is 160 Å². The van der Waals surface area contributed by atoms with Crippen LogP contribution in [0.3, 0.4) is 0 Å². The van der Waals surface area contributed by atoms with Crippen LogP contribution >= 0.6 is 11.3 Å². The van der Waals surface area contributed by atoms with E-state index in [1.807, 2.05) is 29.5 Å². The molecule has 1 aromatic carbocycles. The molecule has 0 spiro atoms. The molecule has 2 aliphatic heterocycles. The molecule has 1 amide bonds. The normalized spacial score (nSPS) is 20.0. The van der Waals surface area contributed by atoms with Gasteiger partial charge in [-0.15, -0.1) is 11.3 Å². The van der Waals surface area contributed by atoms with Gasteiger partial charge in [0.25, 0.3) is 0 Å². The Bertz CT molecular complexity index is 734. The summed E-state index contributed by atoms with van der Waals surface area (Å²) < 4.78 is 0. The van der Waals surface area contributed by atoms with Crippen molar-refractivity contribution in [1.82, 2.24) is 9.80 Å². The number of carbonyl (C=O) groups excluding carboxylic acids is 1. The fraction of sp³-hybridized carbons (Fsp3) is 0.500. The van der Waals surface area contributed by atoms with Crippen LogP contribution in [-0.2, 0) is 17.8 Å². The van der Waals surface area contributed by atoms with E-state index < -0.39 is 0 Å². The lowest BCUT2D eigenvalue weighted by Crippen LogP contribution is -2.48. The molecule has 1 atom stereocenters. The minimum atomic E-state index is 0.0103. The molecule has 0 bridgehead atoms. The SMILES string of the molecule is CCC(C(=O)N1CCC(N2CCc3sccc3C2)CC1)c1ccccc1. The lowest BCUT2D eigenvalue weighted by atomic mass is 9.93. The standard InChI is InChI=1S/C22H28N2OS/c1-2-20(17-6-4-3-5-7-17)22(25)23-12-8-19(9-13-23)24-14-10-21-18(16-24)11-15-26-21/h3-7,11,15,19-20H,2,8-10,12-14,16H2,1H3. The summed E-state index contributed by atoms with van der Waals surface area (Å²) in [5.41, 5.74) is 2.68. The first-order valence-corrected chi connectivity index (χ1v) is 10.8. The number of benzene rings is 1. The van der Waals surface area contributed by atoms with Crippen LogP contribution in [0.15, 0.2) is 41.8 Å². The Balaban J connectivity index is 1.35. The highest BCUT2D eigenvalue weighted by molar-refractivity contribution is 7.10. The lowest BCUT2D eigenvalue weighted by molar-refractivity contribution is -0.134. The third-order valence-corrected chi connectivity index (χ3v) is 7.06. The molecule has 138 valence electrons. The van der Waals surface area contributed by atoms with Gasteiger partial charge in [0, 0.05) is 37.1 Å². The lowest BCUT2D eigenvalue weighted by Gasteiger charge is -2.41. The van der Waals surface area contributed by atoms with Crippen molar-refractivity contribution in [3.63, 3.8) is 0 Å². The first kappa shape index (κ1) is 17.7. The van der Waals surface area contributed by atoms with Crippen LogP contribution < -0.4 is 0 Å². The minimum Gasteiger partial charge on any atom is -0.342 e. The molecular formula is C22H28N2OS. The summed E-state index contributed by atoms with van der Waals surface area (Å²) in [6.07, 6.45) is 4.28. The third kappa shape index (κ3) is 3.58. The van der Waals surface area contributed by atoms with Gasteiger partial charge in [-0.05, 0) is 48.3 Å². The van der Waals surface area contributed by atoms with E-state index >= 15 is 0 Å². The largest absolute Gasteiger partial charge is 0.342 e. The van der Waals surface area contributed by atoms with Crippen molar-refractivity contribution in [3.8, 4) is 0 Å². The summed E-state index contributed by atoms with van der Waals surface area (Å²) in [5.74, 6) is 0.326. The molecule has 0 aliphatic carbocycles. The molecule has 2 aromatic rings. The molecule has 1 unspecified atom stereocenters. The van der Waals surface area contributed by atoms with Gasteiger partial charge >= 0.3 is 0 Å². The molecular weight excluding hydrogens is 340 g/mol. The van der Waals surface area contributed by atoms with E-state index in [1.165, 1.54) is 18.5 Å². The second kappa shape index (κ2) is 7.93. The Morgan fingerprint density at radius 2 is 1.92 bits per heavy atom. The summed E-state index contributed by atoms with van der Waals surface area (Å²) in [6.45, 7) is 6.20. The van der Waals surface area contributed by atoms with Gasteiger partial charge in [0.2, 0.25) is 5.91 Å². The van der Waals surface area contributed by atoms with E-state index in [1.54, 1.807) is 4.88 Å². The van der Waals surface area contributed by atoms with E-state index in [2.05, 4.69) is 40.3 Å². The number of likely N-dealkylation sites (tertiary alicyclic amines) is 1. The van der Waals surface area contributed by atoms with E-state index in [4.69, 9.17) is 0 Å². The minimum absolute atomic E-state index is 0.0103. The fourth-order valence-corrected chi connectivity index (χ4v) is 5.38. The van der Waals surface area contributed by atoms with Crippen LogP contribution in [0.4, 0.5) is 0 Å². The van der Waals surface area contributed by atoms with Crippen molar-refractivity contribution in [3.05, 3.63) is 57.8 Å². The third-order valence-electron chi connectivity index (χ3n) is 6.04. The number of rotatable bonds is 4. The summed E-state index contributed by atoms with van der Waals surface area (Å²) in [4.78, 5) is 19.4. The maximum atomic E-state index is 13.1. The highest BCUT2D eigenvalue weighted by Crippen LogP contribution is 2.29. The number of amides is 1. The monoisotopic (exact) mass is 368 g/mol. The summed E-state index contributed by atoms with van der Waals surface area (Å²) in [6, 6.07) is 13.2. The molecule has 3 nitrogen and oxygen atoms in total. The van der Waals surface area contributed by atoms with E-state index in [0.717, 1.165) is 44.5 Å². The molecule has 2 aliphatic rings. The van der Waals surface area contributed by atoms with Gasteiger partial charge in [-0.25, -0.2) is 0 Å². The number of nitrogens with zero attached hydrogens (tertiary/aromatic N) is 2. The second-order valence-corrected chi connectivity index (χ2v) is 8.52. The average Bonchev–Trinajstić information content (AvgIpc) is 3.17. The Morgan fingerprint density at radius 3 is 2.65 bits per heavy atom. The van der Waals surface area contributed by atoms with Gasteiger partial charge < -0.3 is 4.90 Å². The van der Waals surface area contributed by atoms with Crippen LogP contribution in [0.1, 0.15) is 48.1 Å². The zero-order valence-corrected chi connectivity index (χ0v) is 16.4. The second-order valence-electron chi connectivity index (χ2n) is 7.52. The van der Waals surface area contributed by atoms with Gasteiger partial charge in [0.05, 0.1) is 5.92 Å². The molecule has 4 rings (SSSR count). The Kier molecular flexibility index (Phi) is 5.41. The predicted molar refractivity (Wildman–Crippen MR) is 108 cm³/mol. The number of fused-ring (bicyclic) bond motifs is 1. The summed E-state index contributed by atoms with van der Waals surface area (Å²) in [5, 5.41) is 2.23. The molecule has 1 fully saturated rings. The average molecular weight is 369 g/mol. The van der Waals surface area contributed by atoms with Crippen LogP contribution in [0, 0.1) is 0 Å². The zero-order valence-electron chi connectivity index (χ0n) is 15.6. The van der Waals surface area contributed by atoms with E-state index in [0.29, 0.717) is 11.9 Å². The topological polar surface area (TPSA) is 23.6 Å². The van der Waals surface area contributed by atoms with E-state index in [-0.39, 0.29) is 5.92 Å². The van der Waals surface area contributed by atoms with Crippen LogP contribution in [-0.4, -0.2) is 41.4 Å². The highest BCUT2D eigenvalue weighted by Gasteiger charge is 2.31. The number of hydrogen-bond donors (Lipinski definition) is 0.